The van der Waals surface area contributed by atoms with Crippen LogP contribution in [0, 0.1) is 22.7 Å². The normalized spacial score (nSPS) is 24.4. The molecule has 2 bridgehead atoms. The zero-order chi connectivity index (χ0) is 32.9. The number of benzene rings is 1. The number of phenols is 2. The molecule has 4 atom stereocenters. The van der Waals surface area contributed by atoms with Crippen LogP contribution in [0.15, 0.2) is 68.9 Å². The van der Waals surface area contributed by atoms with Gasteiger partial charge in [0.1, 0.15) is 22.3 Å². The number of aromatic hydroxyl groups is 2. The summed E-state index contributed by atoms with van der Waals surface area (Å²) < 4.78 is 6.46. The standard InChI is InChI=1S/C38H48O6/c1-21(2)11-13-25(24(7)8)19-37-20-26(14-12-22(3)4)36(9,10)38(35(37)43,16-15-23(5)6)33(42)31-32(41)27-17-28(39)29(40)18-30(27)44-34(31)37/h12,15,17-18,25-26,39-40H,1,7,11,13-14,16,19-20H2,2-6,8-10H3/t25?,26?,37-,38+/m1/s1. The fourth-order valence-electron chi connectivity index (χ4n) is 7.58. The number of Topliss-reactive ketones (excluding diaryl/α,β-unsaturated/α-hetero) is 2. The van der Waals surface area contributed by atoms with Gasteiger partial charge in [-0.05, 0) is 103 Å². The van der Waals surface area contributed by atoms with Gasteiger partial charge in [-0.15, -0.1) is 6.58 Å². The van der Waals surface area contributed by atoms with E-state index >= 15 is 4.79 Å². The van der Waals surface area contributed by atoms with Gasteiger partial charge >= 0.3 is 0 Å². The molecule has 1 aromatic carbocycles. The maximum Gasteiger partial charge on any atom is 0.204 e. The third-order valence-corrected chi connectivity index (χ3v) is 10.4. The molecule has 1 saturated carbocycles. The van der Waals surface area contributed by atoms with Gasteiger partial charge in [0.2, 0.25) is 5.43 Å². The van der Waals surface area contributed by atoms with Crippen molar-refractivity contribution in [2.24, 2.45) is 22.7 Å². The summed E-state index contributed by atoms with van der Waals surface area (Å²) in [7, 11) is 0. The summed E-state index contributed by atoms with van der Waals surface area (Å²) in [6.07, 6.45) is 7.16. The first kappa shape index (κ1) is 33.2. The molecule has 6 nitrogen and oxygen atoms in total. The summed E-state index contributed by atoms with van der Waals surface area (Å²) in [4.78, 5) is 44.7. The second kappa shape index (κ2) is 11.7. The average Bonchev–Trinajstić information content (AvgIpc) is 2.91. The molecule has 2 aliphatic carbocycles. The molecule has 1 aromatic heterocycles. The van der Waals surface area contributed by atoms with E-state index in [0.29, 0.717) is 19.3 Å². The van der Waals surface area contributed by atoms with Gasteiger partial charge < -0.3 is 14.6 Å². The SMILES string of the molecule is C=C(C)CCC(C[C@@]12CC(CC=C(C)C)C(C)(C)[C@@](CC=C(C)C)(C(=O)c3c1oc1cc(O)c(O)cc1c3=O)C2=O)C(=C)C. The Morgan fingerprint density at radius 2 is 1.61 bits per heavy atom. The number of ketones is 2. The fraction of sp³-hybridized carbons (Fsp3) is 0.500. The van der Waals surface area contributed by atoms with E-state index in [4.69, 9.17) is 4.42 Å². The molecule has 44 heavy (non-hydrogen) atoms. The van der Waals surface area contributed by atoms with Gasteiger partial charge in [-0.2, -0.15) is 0 Å². The monoisotopic (exact) mass is 600 g/mol. The minimum Gasteiger partial charge on any atom is -0.504 e. The maximum atomic E-state index is 15.4. The Balaban J connectivity index is 2.17. The van der Waals surface area contributed by atoms with Crippen LogP contribution in [0.4, 0.5) is 0 Å². The van der Waals surface area contributed by atoms with Crippen molar-refractivity contribution in [3.8, 4) is 11.5 Å². The Morgan fingerprint density at radius 1 is 1.00 bits per heavy atom. The first-order chi connectivity index (χ1) is 20.4. The second-order valence-corrected chi connectivity index (χ2v) is 14.5. The van der Waals surface area contributed by atoms with Gasteiger partial charge in [0.05, 0.1) is 10.8 Å². The van der Waals surface area contributed by atoms with Crippen molar-refractivity contribution in [1.29, 1.82) is 0 Å². The Bertz CT molecular complexity index is 1670. The highest BCUT2D eigenvalue weighted by molar-refractivity contribution is 6.23. The Labute approximate surface area is 261 Å². The molecule has 2 N–H and O–H groups in total. The van der Waals surface area contributed by atoms with E-state index in [1.807, 2.05) is 61.5 Å². The predicted octanol–water partition coefficient (Wildman–Crippen LogP) is 8.89. The molecule has 6 heteroatoms. The lowest BCUT2D eigenvalue weighted by Crippen LogP contribution is -2.68. The Hall–Kier alpha value is -3.67. The summed E-state index contributed by atoms with van der Waals surface area (Å²) in [5, 5.41) is 20.6. The molecule has 0 aliphatic heterocycles. The first-order valence-corrected chi connectivity index (χ1v) is 15.6. The van der Waals surface area contributed by atoms with Crippen LogP contribution in [0.2, 0.25) is 0 Å². The quantitative estimate of drug-likeness (QED) is 0.160. The molecule has 2 aliphatic rings. The van der Waals surface area contributed by atoms with Crippen LogP contribution < -0.4 is 5.43 Å². The van der Waals surface area contributed by atoms with Crippen molar-refractivity contribution in [2.75, 3.05) is 0 Å². The fourth-order valence-corrected chi connectivity index (χ4v) is 7.58. The van der Waals surface area contributed by atoms with Gasteiger partial charge in [0.25, 0.3) is 0 Å². The topological polar surface area (TPSA) is 105 Å². The van der Waals surface area contributed by atoms with Crippen LogP contribution in [0.5, 0.6) is 11.5 Å². The molecule has 4 rings (SSSR count). The Kier molecular flexibility index (Phi) is 8.82. The van der Waals surface area contributed by atoms with Gasteiger partial charge in [-0.1, -0.05) is 54.9 Å². The van der Waals surface area contributed by atoms with E-state index in [1.54, 1.807) is 0 Å². The first-order valence-electron chi connectivity index (χ1n) is 15.6. The van der Waals surface area contributed by atoms with Crippen LogP contribution in [0.1, 0.15) is 110 Å². The molecule has 1 heterocycles. The molecular formula is C38H48O6. The lowest BCUT2D eigenvalue weighted by molar-refractivity contribution is -0.153. The molecule has 0 spiro atoms. The number of phenolic OH excluding ortho intramolecular Hbond substituents is 2. The lowest BCUT2D eigenvalue weighted by Gasteiger charge is -2.60. The van der Waals surface area contributed by atoms with E-state index in [1.165, 1.54) is 6.07 Å². The molecule has 236 valence electrons. The van der Waals surface area contributed by atoms with Crippen LogP contribution in [-0.4, -0.2) is 21.8 Å². The van der Waals surface area contributed by atoms with Crippen molar-refractivity contribution in [3.63, 3.8) is 0 Å². The van der Waals surface area contributed by atoms with E-state index in [0.717, 1.165) is 41.2 Å². The summed E-state index contributed by atoms with van der Waals surface area (Å²) in [6.45, 7) is 24.3. The average molecular weight is 601 g/mol. The maximum absolute atomic E-state index is 15.4. The number of rotatable bonds is 10. The van der Waals surface area contributed by atoms with Crippen molar-refractivity contribution in [2.45, 2.75) is 99.3 Å². The number of fused-ring (bicyclic) bond motifs is 5. The minimum atomic E-state index is -1.51. The molecule has 2 aromatic rings. The highest BCUT2D eigenvalue weighted by Gasteiger charge is 2.72. The van der Waals surface area contributed by atoms with Crippen LogP contribution >= 0.6 is 0 Å². The van der Waals surface area contributed by atoms with Crippen molar-refractivity contribution >= 4 is 22.5 Å². The zero-order valence-corrected chi connectivity index (χ0v) is 27.6. The zero-order valence-electron chi connectivity index (χ0n) is 27.6. The highest BCUT2D eigenvalue weighted by Crippen LogP contribution is 2.66. The summed E-state index contributed by atoms with van der Waals surface area (Å²) in [5.41, 5.74) is -0.198. The second-order valence-electron chi connectivity index (χ2n) is 14.5. The number of hydrogen-bond donors (Lipinski definition) is 2. The van der Waals surface area contributed by atoms with Gasteiger partial charge in [-0.3, -0.25) is 14.4 Å². The number of hydrogen-bond acceptors (Lipinski definition) is 6. The number of allylic oxidation sites excluding steroid dienone is 6. The van der Waals surface area contributed by atoms with E-state index in [-0.39, 0.29) is 46.3 Å². The summed E-state index contributed by atoms with van der Waals surface area (Å²) >= 11 is 0. The van der Waals surface area contributed by atoms with E-state index < -0.39 is 39.0 Å². The molecule has 0 amide bonds. The Morgan fingerprint density at radius 3 is 2.18 bits per heavy atom. The summed E-state index contributed by atoms with van der Waals surface area (Å²) in [5.74, 6) is -1.76. The van der Waals surface area contributed by atoms with E-state index in [2.05, 4.69) is 19.2 Å². The van der Waals surface area contributed by atoms with Crippen molar-refractivity contribution in [3.05, 3.63) is 81.3 Å². The van der Waals surface area contributed by atoms with Crippen molar-refractivity contribution in [1.82, 2.24) is 0 Å². The molecule has 0 radical (unpaired) electrons. The lowest BCUT2D eigenvalue weighted by atomic mass is 9.39. The molecular weight excluding hydrogens is 552 g/mol. The number of carbonyl (C=O) groups excluding carboxylic acids is 2. The molecule has 2 unspecified atom stereocenters. The van der Waals surface area contributed by atoms with Crippen LogP contribution in [0.3, 0.4) is 0 Å². The van der Waals surface area contributed by atoms with Gasteiger partial charge in [0, 0.05) is 6.07 Å². The predicted molar refractivity (Wildman–Crippen MR) is 176 cm³/mol. The van der Waals surface area contributed by atoms with Gasteiger partial charge in [0.15, 0.2) is 23.1 Å². The van der Waals surface area contributed by atoms with E-state index in [9.17, 15) is 19.8 Å². The molecule has 1 fully saturated rings. The van der Waals surface area contributed by atoms with Crippen LogP contribution in [0.25, 0.3) is 11.0 Å². The largest absolute Gasteiger partial charge is 0.504 e. The minimum absolute atomic E-state index is 0.00929. The van der Waals surface area contributed by atoms with Crippen LogP contribution in [-0.2, 0) is 10.2 Å². The van der Waals surface area contributed by atoms with Crippen molar-refractivity contribution < 1.29 is 24.2 Å². The third-order valence-electron chi connectivity index (χ3n) is 10.4. The third kappa shape index (κ3) is 5.20. The molecule has 0 saturated heterocycles. The smallest absolute Gasteiger partial charge is 0.204 e. The van der Waals surface area contributed by atoms with Gasteiger partial charge in [-0.25, -0.2) is 0 Å². The summed E-state index contributed by atoms with van der Waals surface area (Å²) in [6, 6.07) is 2.32. The number of carbonyl (C=O) groups is 2. The highest BCUT2D eigenvalue weighted by atomic mass is 16.3.